The first-order valence-electron chi connectivity index (χ1n) is 9.81. The number of pyridine rings is 1. The van der Waals surface area contributed by atoms with E-state index in [2.05, 4.69) is 6.92 Å². The second-order valence-electron chi connectivity index (χ2n) is 7.35. The summed E-state index contributed by atoms with van der Waals surface area (Å²) in [4.78, 5) is 18.5. The molecular formula is C23H24N2O4S. The van der Waals surface area contributed by atoms with Gasteiger partial charge in [0.05, 0.1) is 16.2 Å². The topological polar surface area (TPSA) is 93.9 Å². The third-order valence-corrected chi connectivity index (χ3v) is 7.22. The summed E-state index contributed by atoms with van der Waals surface area (Å²) in [6.45, 7) is 3.01. The van der Waals surface area contributed by atoms with Gasteiger partial charge in [0.1, 0.15) is 5.82 Å². The molecule has 6 nitrogen and oxygen atoms in total. The smallest absolute Gasteiger partial charge is 0.328 e. The van der Waals surface area contributed by atoms with Crippen LogP contribution in [-0.4, -0.2) is 37.5 Å². The van der Waals surface area contributed by atoms with Gasteiger partial charge in [-0.25, -0.2) is 9.78 Å². The van der Waals surface area contributed by atoms with Crippen molar-refractivity contribution in [1.82, 2.24) is 4.98 Å². The SMILES string of the molecule is CCc1ccc2nc(N3CCS(O)(O)c4ccccc4C3)cc(/C=C/C(=O)O)c2c1. The highest BCUT2D eigenvalue weighted by Crippen LogP contribution is 2.51. The molecule has 0 fully saturated rings. The molecule has 7 heteroatoms. The molecule has 0 unspecified atom stereocenters. The number of aromatic nitrogens is 1. The Kier molecular flexibility index (Phi) is 5.51. The third kappa shape index (κ3) is 4.05. The molecule has 0 amide bonds. The first-order chi connectivity index (χ1) is 14.4. The molecule has 3 N–H and O–H groups in total. The van der Waals surface area contributed by atoms with E-state index in [4.69, 9.17) is 10.1 Å². The quantitative estimate of drug-likeness (QED) is 0.509. The Morgan fingerprint density at radius 2 is 2.00 bits per heavy atom. The molecule has 0 radical (unpaired) electrons. The maximum atomic E-state index is 11.1. The Balaban J connectivity index is 1.82. The number of carboxylic acid groups (broad SMARTS) is 1. The number of benzene rings is 2. The highest BCUT2D eigenvalue weighted by atomic mass is 32.3. The van der Waals surface area contributed by atoms with E-state index in [-0.39, 0.29) is 5.75 Å². The number of anilines is 1. The van der Waals surface area contributed by atoms with Crippen molar-refractivity contribution in [3.63, 3.8) is 0 Å². The normalized spacial score (nSPS) is 17.0. The minimum Gasteiger partial charge on any atom is -0.478 e. The Bertz CT molecular complexity index is 1140. The maximum absolute atomic E-state index is 11.1. The fraction of sp³-hybridized carbons (Fsp3) is 0.217. The van der Waals surface area contributed by atoms with E-state index >= 15 is 0 Å². The lowest BCUT2D eigenvalue weighted by Gasteiger charge is -2.32. The first-order valence-corrected chi connectivity index (χ1v) is 11.5. The number of carboxylic acids is 1. The Hall–Kier alpha value is -2.87. The number of nitrogens with zero attached hydrogens (tertiary/aromatic N) is 2. The second-order valence-corrected chi connectivity index (χ2v) is 9.53. The number of hydrogen-bond donors (Lipinski definition) is 3. The lowest BCUT2D eigenvalue weighted by Crippen LogP contribution is -2.26. The van der Waals surface area contributed by atoms with Gasteiger partial charge in [-0.2, -0.15) is 10.6 Å². The highest BCUT2D eigenvalue weighted by Gasteiger charge is 2.26. The van der Waals surface area contributed by atoms with Gasteiger partial charge in [-0.1, -0.05) is 31.2 Å². The van der Waals surface area contributed by atoms with Gasteiger partial charge in [-0.05, 0) is 53.5 Å². The number of aryl methyl sites for hydroxylation is 1. The molecule has 1 aliphatic heterocycles. The van der Waals surface area contributed by atoms with Crippen LogP contribution in [0.1, 0.15) is 23.6 Å². The second kappa shape index (κ2) is 8.10. The number of rotatable bonds is 4. The number of carbonyl (C=O) groups is 1. The summed E-state index contributed by atoms with van der Waals surface area (Å²) in [5.74, 6) is -0.104. The van der Waals surface area contributed by atoms with Crippen molar-refractivity contribution in [3.05, 3.63) is 71.3 Å². The fourth-order valence-electron chi connectivity index (χ4n) is 3.75. The Morgan fingerprint density at radius 3 is 2.77 bits per heavy atom. The van der Waals surface area contributed by atoms with E-state index in [1.165, 1.54) is 0 Å². The van der Waals surface area contributed by atoms with E-state index in [0.717, 1.165) is 40.1 Å². The van der Waals surface area contributed by atoms with Gasteiger partial charge < -0.3 is 10.0 Å². The van der Waals surface area contributed by atoms with Crippen molar-refractivity contribution in [3.8, 4) is 0 Å². The van der Waals surface area contributed by atoms with Crippen LogP contribution in [0.5, 0.6) is 0 Å². The van der Waals surface area contributed by atoms with Crippen molar-refractivity contribution < 1.29 is 19.0 Å². The van der Waals surface area contributed by atoms with Crippen molar-refractivity contribution in [2.24, 2.45) is 0 Å². The van der Waals surface area contributed by atoms with Crippen LogP contribution in [0.4, 0.5) is 5.82 Å². The molecular weight excluding hydrogens is 400 g/mol. The van der Waals surface area contributed by atoms with Gasteiger partial charge in [-0.15, -0.1) is 0 Å². The number of fused-ring (bicyclic) bond motifs is 2. The van der Waals surface area contributed by atoms with Crippen molar-refractivity contribution in [2.45, 2.75) is 24.8 Å². The van der Waals surface area contributed by atoms with Gasteiger partial charge in [0.25, 0.3) is 0 Å². The lowest BCUT2D eigenvalue weighted by atomic mass is 10.0. The van der Waals surface area contributed by atoms with E-state index in [1.54, 1.807) is 12.1 Å². The summed E-state index contributed by atoms with van der Waals surface area (Å²) in [5.41, 5.74) is 3.57. The molecule has 30 heavy (non-hydrogen) atoms. The molecule has 156 valence electrons. The summed E-state index contributed by atoms with van der Waals surface area (Å²) in [5, 5.41) is 10.0. The van der Waals surface area contributed by atoms with E-state index < -0.39 is 16.6 Å². The predicted molar refractivity (Wildman–Crippen MR) is 121 cm³/mol. The van der Waals surface area contributed by atoms with Gasteiger partial charge >= 0.3 is 5.97 Å². The van der Waals surface area contributed by atoms with Gasteiger partial charge in [-0.3, -0.25) is 9.11 Å². The van der Waals surface area contributed by atoms with E-state index in [0.29, 0.717) is 23.8 Å². The molecule has 0 bridgehead atoms. The molecule has 0 atom stereocenters. The summed E-state index contributed by atoms with van der Waals surface area (Å²) in [6, 6.07) is 15.3. The van der Waals surface area contributed by atoms with Crippen LogP contribution in [0, 0.1) is 0 Å². The molecule has 2 heterocycles. The van der Waals surface area contributed by atoms with Crippen LogP contribution in [-0.2, 0) is 17.8 Å². The van der Waals surface area contributed by atoms with Crippen molar-refractivity contribution in [2.75, 3.05) is 17.2 Å². The monoisotopic (exact) mass is 424 g/mol. The molecule has 0 spiro atoms. The van der Waals surface area contributed by atoms with Gasteiger partial charge in [0.15, 0.2) is 0 Å². The lowest BCUT2D eigenvalue weighted by molar-refractivity contribution is -0.131. The van der Waals surface area contributed by atoms with Gasteiger partial charge in [0.2, 0.25) is 0 Å². The molecule has 3 aromatic rings. The van der Waals surface area contributed by atoms with Gasteiger partial charge in [0, 0.05) is 24.6 Å². The summed E-state index contributed by atoms with van der Waals surface area (Å²) >= 11 is 0. The molecule has 1 aliphatic rings. The van der Waals surface area contributed by atoms with E-state index in [1.807, 2.05) is 47.4 Å². The highest BCUT2D eigenvalue weighted by molar-refractivity contribution is 8.24. The molecule has 1 aromatic heterocycles. The van der Waals surface area contributed by atoms with Crippen LogP contribution in [0.2, 0.25) is 0 Å². The Labute approximate surface area is 176 Å². The zero-order chi connectivity index (χ0) is 21.3. The number of aliphatic carboxylic acids is 1. The minimum atomic E-state index is -2.86. The standard InChI is InChI=1S/C23H24N2O4S/c1-2-16-7-9-20-19(13-16)17(8-10-23(26)27)14-22(24-20)25-11-12-30(28,29)21-6-4-3-5-18(21)15-25/h3-10,13-14,28-29H,2,11-12,15H2,1H3,(H,26,27)/b10-8+. The van der Waals surface area contributed by atoms with Crippen LogP contribution in [0.15, 0.2) is 59.5 Å². The van der Waals surface area contributed by atoms with Crippen LogP contribution < -0.4 is 4.90 Å². The summed E-state index contributed by atoms with van der Waals surface area (Å²) in [7, 11) is -2.86. The predicted octanol–water partition coefficient (Wildman–Crippen LogP) is 5.02. The average Bonchev–Trinajstić information content (AvgIpc) is 2.87. The Morgan fingerprint density at radius 1 is 1.20 bits per heavy atom. The maximum Gasteiger partial charge on any atom is 0.328 e. The zero-order valence-electron chi connectivity index (χ0n) is 16.7. The van der Waals surface area contributed by atoms with Crippen LogP contribution >= 0.6 is 10.6 Å². The van der Waals surface area contributed by atoms with Crippen molar-refractivity contribution >= 4 is 39.4 Å². The molecule has 0 aliphatic carbocycles. The third-order valence-electron chi connectivity index (χ3n) is 5.36. The minimum absolute atomic E-state index is 0.221. The average molecular weight is 425 g/mol. The summed E-state index contributed by atoms with van der Waals surface area (Å²) < 4.78 is 21.2. The largest absolute Gasteiger partial charge is 0.478 e. The molecule has 0 saturated heterocycles. The van der Waals surface area contributed by atoms with Crippen LogP contribution in [0.3, 0.4) is 0 Å². The first kappa shape index (κ1) is 20.4. The van der Waals surface area contributed by atoms with Crippen molar-refractivity contribution in [1.29, 1.82) is 0 Å². The summed E-state index contributed by atoms with van der Waals surface area (Å²) in [6.07, 6.45) is 3.60. The molecule has 4 rings (SSSR count). The van der Waals surface area contributed by atoms with Crippen LogP contribution in [0.25, 0.3) is 17.0 Å². The zero-order valence-corrected chi connectivity index (χ0v) is 17.5. The number of hydrogen-bond acceptors (Lipinski definition) is 5. The fourth-order valence-corrected chi connectivity index (χ4v) is 5.29. The molecule has 0 saturated carbocycles. The van der Waals surface area contributed by atoms with E-state index in [9.17, 15) is 13.9 Å². The molecule has 2 aromatic carbocycles.